The highest BCUT2D eigenvalue weighted by molar-refractivity contribution is 5.85. The summed E-state index contributed by atoms with van der Waals surface area (Å²) in [7, 11) is 0. The molecular formula is C15H29ClN2O3. The normalized spacial score (nSPS) is 25.3. The molecule has 124 valence electrons. The number of carbonyl (C=O) groups is 1. The Morgan fingerprint density at radius 1 is 1.33 bits per heavy atom. The first kappa shape index (κ1) is 18.5. The van der Waals surface area contributed by atoms with E-state index in [9.17, 15) is 4.79 Å². The van der Waals surface area contributed by atoms with E-state index in [0.29, 0.717) is 12.0 Å². The summed E-state index contributed by atoms with van der Waals surface area (Å²) < 4.78 is 11.1. The van der Waals surface area contributed by atoms with Crippen molar-refractivity contribution in [3.8, 4) is 0 Å². The van der Waals surface area contributed by atoms with Crippen LogP contribution in [0.15, 0.2) is 0 Å². The Kier molecular flexibility index (Phi) is 6.32. The minimum absolute atomic E-state index is 0. The zero-order valence-electron chi connectivity index (χ0n) is 13.4. The van der Waals surface area contributed by atoms with Crippen molar-refractivity contribution in [2.45, 2.75) is 58.2 Å². The molecule has 0 aromatic rings. The zero-order valence-corrected chi connectivity index (χ0v) is 14.2. The quantitative estimate of drug-likeness (QED) is 0.806. The molecule has 0 radical (unpaired) electrons. The number of likely N-dealkylation sites (tertiary alicyclic amines) is 1. The molecule has 21 heavy (non-hydrogen) atoms. The number of hydrogen-bond donors (Lipinski definition) is 1. The average Bonchev–Trinajstić information content (AvgIpc) is 2.37. The van der Waals surface area contributed by atoms with Crippen LogP contribution < -0.4 is 5.73 Å². The first-order valence-electron chi connectivity index (χ1n) is 7.63. The van der Waals surface area contributed by atoms with E-state index in [1.165, 1.54) is 0 Å². The number of nitrogens with two attached hydrogens (primary N) is 1. The fraction of sp³-hybridized carbons (Fsp3) is 0.933. The van der Waals surface area contributed by atoms with Gasteiger partial charge in [0, 0.05) is 26.2 Å². The molecular weight excluding hydrogens is 292 g/mol. The van der Waals surface area contributed by atoms with Crippen molar-refractivity contribution in [3.63, 3.8) is 0 Å². The summed E-state index contributed by atoms with van der Waals surface area (Å²) in [4.78, 5) is 13.9. The molecule has 2 aliphatic rings. The highest BCUT2D eigenvalue weighted by Crippen LogP contribution is 2.42. The molecule has 2 fully saturated rings. The second-order valence-corrected chi connectivity index (χ2v) is 7.15. The Bertz CT molecular complexity index is 349. The number of hydrogen-bond acceptors (Lipinski definition) is 4. The Balaban J connectivity index is 0.00000220. The van der Waals surface area contributed by atoms with Crippen LogP contribution in [-0.2, 0) is 9.47 Å². The monoisotopic (exact) mass is 320 g/mol. The van der Waals surface area contributed by atoms with Gasteiger partial charge in [-0.2, -0.15) is 0 Å². The van der Waals surface area contributed by atoms with Gasteiger partial charge in [0.15, 0.2) is 0 Å². The fourth-order valence-corrected chi connectivity index (χ4v) is 3.18. The molecule has 6 heteroatoms. The maximum absolute atomic E-state index is 12.1. The van der Waals surface area contributed by atoms with Crippen LogP contribution in [0.5, 0.6) is 0 Å². The number of amides is 1. The molecule has 0 aromatic heterocycles. The van der Waals surface area contributed by atoms with Gasteiger partial charge in [0.1, 0.15) is 5.60 Å². The minimum Gasteiger partial charge on any atom is -0.444 e. The summed E-state index contributed by atoms with van der Waals surface area (Å²) in [6, 6.07) is 0. The summed E-state index contributed by atoms with van der Waals surface area (Å²) in [5.41, 5.74) is 5.63. The van der Waals surface area contributed by atoms with Crippen molar-refractivity contribution in [1.82, 2.24) is 4.90 Å². The van der Waals surface area contributed by atoms with E-state index in [2.05, 4.69) is 0 Å². The molecule has 1 atom stereocenters. The third-order valence-electron chi connectivity index (χ3n) is 4.39. The van der Waals surface area contributed by atoms with Crippen molar-refractivity contribution < 1.29 is 14.3 Å². The third kappa shape index (κ3) is 5.01. The lowest BCUT2D eigenvalue weighted by Gasteiger charge is -2.46. The van der Waals surface area contributed by atoms with Crippen LogP contribution in [0.4, 0.5) is 4.79 Å². The first-order chi connectivity index (χ1) is 9.34. The largest absolute Gasteiger partial charge is 0.444 e. The summed E-state index contributed by atoms with van der Waals surface area (Å²) in [5.74, 6) is 0. The van der Waals surface area contributed by atoms with Gasteiger partial charge in [-0.05, 0) is 51.9 Å². The number of rotatable bonds is 1. The summed E-state index contributed by atoms with van der Waals surface area (Å²) >= 11 is 0. The summed E-state index contributed by atoms with van der Waals surface area (Å²) in [6.45, 7) is 8.67. The van der Waals surface area contributed by atoms with Crippen molar-refractivity contribution in [1.29, 1.82) is 0 Å². The van der Waals surface area contributed by atoms with Gasteiger partial charge in [0.25, 0.3) is 0 Å². The van der Waals surface area contributed by atoms with Gasteiger partial charge in [0.2, 0.25) is 0 Å². The molecule has 2 aliphatic heterocycles. The molecule has 1 amide bonds. The van der Waals surface area contributed by atoms with Crippen LogP contribution in [0, 0.1) is 5.41 Å². The van der Waals surface area contributed by atoms with Crippen LogP contribution in [0.25, 0.3) is 0 Å². The predicted molar refractivity (Wildman–Crippen MR) is 84.8 cm³/mol. The first-order valence-corrected chi connectivity index (χ1v) is 7.63. The number of nitrogens with zero attached hydrogens (tertiary/aromatic N) is 1. The van der Waals surface area contributed by atoms with Gasteiger partial charge < -0.3 is 20.1 Å². The molecule has 2 rings (SSSR count). The zero-order chi connectivity index (χ0) is 14.8. The van der Waals surface area contributed by atoms with E-state index in [0.717, 1.165) is 45.4 Å². The lowest BCUT2D eigenvalue weighted by molar-refractivity contribution is -0.0677. The molecule has 2 heterocycles. The van der Waals surface area contributed by atoms with Gasteiger partial charge in [-0.3, -0.25) is 0 Å². The van der Waals surface area contributed by atoms with Crippen LogP contribution >= 0.6 is 12.4 Å². The van der Waals surface area contributed by atoms with E-state index in [1.807, 2.05) is 25.7 Å². The van der Waals surface area contributed by atoms with E-state index in [1.54, 1.807) is 0 Å². The molecule has 1 spiro atoms. The highest BCUT2D eigenvalue weighted by Gasteiger charge is 2.40. The summed E-state index contributed by atoms with van der Waals surface area (Å²) in [5, 5.41) is 0. The van der Waals surface area contributed by atoms with E-state index in [4.69, 9.17) is 15.2 Å². The second-order valence-electron chi connectivity index (χ2n) is 7.15. The number of piperidine rings is 1. The van der Waals surface area contributed by atoms with Gasteiger partial charge >= 0.3 is 6.09 Å². The van der Waals surface area contributed by atoms with Crippen LogP contribution in [-0.4, -0.2) is 48.9 Å². The third-order valence-corrected chi connectivity index (χ3v) is 4.39. The second kappa shape index (κ2) is 7.16. The van der Waals surface area contributed by atoms with Gasteiger partial charge in [-0.25, -0.2) is 4.79 Å². The SMILES string of the molecule is CC(C)(C)OC(=O)N1CCC2(CCOC(CN)C2)CC1.Cl. The van der Waals surface area contributed by atoms with E-state index < -0.39 is 5.60 Å². The predicted octanol–water partition coefficient (Wildman–Crippen LogP) is 2.56. The van der Waals surface area contributed by atoms with Crippen molar-refractivity contribution in [3.05, 3.63) is 0 Å². The molecule has 0 bridgehead atoms. The minimum atomic E-state index is -0.421. The molecule has 0 aliphatic carbocycles. The van der Waals surface area contributed by atoms with E-state index in [-0.39, 0.29) is 24.6 Å². The van der Waals surface area contributed by atoms with E-state index >= 15 is 0 Å². The Morgan fingerprint density at radius 2 is 1.95 bits per heavy atom. The molecule has 0 aromatic carbocycles. The number of ether oxygens (including phenoxy) is 2. The molecule has 2 saturated heterocycles. The van der Waals surface area contributed by atoms with Gasteiger partial charge in [0.05, 0.1) is 6.10 Å². The van der Waals surface area contributed by atoms with Crippen LogP contribution in [0.1, 0.15) is 46.5 Å². The topological polar surface area (TPSA) is 64.8 Å². The van der Waals surface area contributed by atoms with Gasteiger partial charge in [-0.1, -0.05) is 0 Å². The Hall–Kier alpha value is -0.520. The number of carbonyl (C=O) groups excluding carboxylic acids is 1. The fourth-order valence-electron chi connectivity index (χ4n) is 3.18. The summed E-state index contributed by atoms with van der Waals surface area (Å²) in [6.07, 6.45) is 4.20. The highest BCUT2D eigenvalue weighted by atomic mass is 35.5. The van der Waals surface area contributed by atoms with Crippen LogP contribution in [0.2, 0.25) is 0 Å². The lowest BCUT2D eigenvalue weighted by atomic mass is 9.71. The maximum atomic E-state index is 12.1. The lowest BCUT2D eigenvalue weighted by Crippen LogP contribution is -2.48. The van der Waals surface area contributed by atoms with Crippen LogP contribution in [0.3, 0.4) is 0 Å². The van der Waals surface area contributed by atoms with Crippen molar-refractivity contribution >= 4 is 18.5 Å². The van der Waals surface area contributed by atoms with Gasteiger partial charge in [-0.15, -0.1) is 12.4 Å². The Morgan fingerprint density at radius 3 is 2.48 bits per heavy atom. The average molecular weight is 321 g/mol. The smallest absolute Gasteiger partial charge is 0.410 e. The molecule has 2 N–H and O–H groups in total. The maximum Gasteiger partial charge on any atom is 0.410 e. The van der Waals surface area contributed by atoms with Crippen molar-refractivity contribution in [2.24, 2.45) is 11.1 Å². The number of halogens is 1. The molecule has 1 unspecified atom stereocenters. The molecule has 0 saturated carbocycles. The standard InChI is InChI=1S/C15H28N2O3.ClH/c1-14(2,3)20-13(18)17-7-4-15(5-8-17)6-9-19-12(10-15)11-16;/h12H,4-11,16H2,1-3H3;1H. The Labute approximate surface area is 133 Å². The van der Waals surface area contributed by atoms with Crippen molar-refractivity contribution in [2.75, 3.05) is 26.2 Å². The molecule has 5 nitrogen and oxygen atoms in total.